The molecule has 0 aromatic rings. The average Bonchev–Trinajstić information content (AvgIpc) is 3.22. The Hall–Kier alpha value is -0.287. The SMILES string of the molecule is C[C](C)=[Zr]([CH]1C=C(C(C)(C)C)C2=C1CCCC2)[CH]1C=C(C(C)(C)C)C2=C1CCCC2. The molecule has 0 aromatic heterocycles. The van der Waals surface area contributed by atoms with E-state index < -0.39 is 21.3 Å². The van der Waals surface area contributed by atoms with Gasteiger partial charge in [-0.2, -0.15) is 0 Å². The molecule has 1 heteroatoms. The van der Waals surface area contributed by atoms with Gasteiger partial charge in [0.25, 0.3) is 0 Å². The van der Waals surface area contributed by atoms with Crippen LogP contribution < -0.4 is 0 Å². The second kappa shape index (κ2) is 8.25. The van der Waals surface area contributed by atoms with Gasteiger partial charge >= 0.3 is 195 Å². The number of hydrogen-bond donors (Lipinski definition) is 0. The molecule has 0 radical (unpaired) electrons. The molecule has 0 N–H and O–H groups in total. The second-order valence-electron chi connectivity index (χ2n) is 12.5. The molecule has 0 spiro atoms. The van der Waals surface area contributed by atoms with Crippen molar-refractivity contribution in [2.75, 3.05) is 0 Å². The van der Waals surface area contributed by atoms with E-state index in [1.165, 1.54) is 51.4 Å². The van der Waals surface area contributed by atoms with E-state index >= 15 is 0 Å². The fraction of sp³-hybridized carbons (Fsp3) is 0.690. The fourth-order valence-electron chi connectivity index (χ4n) is 6.67. The van der Waals surface area contributed by atoms with Crippen molar-refractivity contribution in [1.29, 1.82) is 0 Å². The van der Waals surface area contributed by atoms with E-state index in [1.807, 2.05) is 14.4 Å². The Morgan fingerprint density at radius 2 is 1.03 bits per heavy atom. The molecule has 2 unspecified atom stereocenters. The van der Waals surface area contributed by atoms with Gasteiger partial charge in [-0.15, -0.1) is 0 Å². The number of rotatable bonds is 2. The first-order chi connectivity index (χ1) is 14.0. The van der Waals surface area contributed by atoms with Gasteiger partial charge in [0.2, 0.25) is 0 Å². The molecule has 0 fully saturated rings. The Kier molecular flexibility index (Phi) is 6.29. The minimum atomic E-state index is -1.92. The second-order valence-corrected chi connectivity index (χ2v) is 20.2. The standard InChI is InChI=1S/2C13H19.C3H6.Zr/c2*1-13(2,3)12-9-8-10-6-4-5-7-11(10)12;1-3-2;/h2*8-9H,4-7H2,1-3H3;1-2H3;. The maximum absolute atomic E-state index is 2.82. The Labute approximate surface area is 194 Å². The van der Waals surface area contributed by atoms with Crippen molar-refractivity contribution in [2.45, 2.75) is 114 Å². The molecule has 0 bridgehead atoms. The third-order valence-electron chi connectivity index (χ3n) is 7.95. The van der Waals surface area contributed by atoms with Crippen LogP contribution in [0.3, 0.4) is 0 Å². The summed E-state index contributed by atoms with van der Waals surface area (Å²) in [7, 11) is 0. The predicted molar refractivity (Wildman–Crippen MR) is 130 cm³/mol. The zero-order valence-corrected chi connectivity index (χ0v) is 23.4. The molecular formula is C29H44Zr. The Bertz CT molecular complexity index is 814. The van der Waals surface area contributed by atoms with Gasteiger partial charge in [-0.05, 0) is 0 Å². The van der Waals surface area contributed by atoms with Crippen LogP contribution in [0.1, 0.15) is 107 Å². The normalized spacial score (nSPS) is 27.1. The third-order valence-corrected chi connectivity index (χ3v) is 16.6. The summed E-state index contributed by atoms with van der Waals surface area (Å²) in [6.45, 7) is 19.7. The van der Waals surface area contributed by atoms with E-state index in [-0.39, 0.29) is 0 Å². The first kappa shape index (κ1) is 22.9. The third kappa shape index (κ3) is 4.07. The van der Waals surface area contributed by atoms with E-state index in [4.69, 9.17) is 0 Å². The van der Waals surface area contributed by atoms with Crippen molar-refractivity contribution in [1.82, 2.24) is 0 Å². The first-order valence-corrected chi connectivity index (χ1v) is 16.6. The molecule has 30 heavy (non-hydrogen) atoms. The van der Waals surface area contributed by atoms with Gasteiger partial charge in [-0.25, -0.2) is 0 Å². The molecule has 0 nitrogen and oxygen atoms in total. The average molecular weight is 484 g/mol. The van der Waals surface area contributed by atoms with E-state index in [2.05, 4.69) is 67.5 Å². The van der Waals surface area contributed by atoms with Crippen LogP contribution in [0.15, 0.2) is 45.6 Å². The maximum atomic E-state index is 2.82. The predicted octanol–water partition coefficient (Wildman–Crippen LogP) is 9.11. The van der Waals surface area contributed by atoms with Gasteiger partial charge < -0.3 is 0 Å². The molecule has 4 rings (SSSR count). The zero-order valence-electron chi connectivity index (χ0n) is 21.0. The summed E-state index contributed by atoms with van der Waals surface area (Å²) in [5.74, 6) is 0. The number of allylic oxidation sites excluding steroid dienone is 8. The van der Waals surface area contributed by atoms with E-state index in [0.717, 1.165) is 7.25 Å². The fourth-order valence-corrected chi connectivity index (χ4v) is 15.8. The van der Waals surface area contributed by atoms with Crippen molar-refractivity contribution in [3.63, 3.8) is 0 Å². The first-order valence-electron chi connectivity index (χ1n) is 12.6. The molecule has 4 aliphatic rings. The zero-order chi connectivity index (χ0) is 21.8. The topological polar surface area (TPSA) is 0 Å². The van der Waals surface area contributed by atoms with Crippen LogP contribution in [0.5, 0.6) is 0 Å². The molecule has 2 atom stereocenters. The van der Waals surface area contributed by atoms with Crippen molar-refractivity contribution in [3.05, 3.63) is 45.6 Å². The molecule has 0 heterocycles. The molecule has 0 saturated heterocycles. The molecule has 0 aliphatic heterocycles. The van der Waals surface area contributed by atoms with Crippen LogP contribution in [0, 0.1) is 10.8 Å². The Balaban J connectivity index is 1.84. The van der Waals surface area contributed by atoms with Crippen LogP contribution in [-0.4, -0.2) is 3.21 Å². The summed E-state index contributed by atoms with van der Waals surface area (Å²) < 4.78 is 3.47. The van der Waals surface area contributed by atoms with Crippen molar-refractivity contribution in [3.8, 4) is 0 Å². The Morgan fingerprint density at radius 3 is 1.37 bits per heavy atom. The van der Waals surface area contributed by atoms with Crippen LogP contribution in [0.2, 0.25) is 7.25 Å². The van der Waals surface area contributed by atoms with E-state index in [0.29, 0.717) is 10.8 Å². The Morgan fingerprint density at radius 1 is 0.667 bits per heavy atom. The summed E-state index contributed by atoms with van der Waals surface area (Å²) in [6.07, 6.45) is 16.7. The van der Waals surface area contributed by atoms with Crippen LogP contribution in [0.25, 0.3) is 0 Å². The summed E-state index contributed by atoms with van der Waals surface area (Å²) in [5.41, 5.74) is 11.4. The molecular weight excluding hydrogens is 440 g/mol. The van der Waals surface area contributed by atoms with Gasteiger partial charge in [-0.1, -0.05) is 0 Å². The van der Waals surface area contributed by atoms with E-state index in [1.54, 1.807) is 22.3 Å². The van der Waals surface area contributed by atoms with Crippen molar-refractivity contribution in [2.24, 2.45) is 10.8 Å². The van der Waals surface area contributed by atoms with Gasteiger partial charge in [0.1, 0.15) is 0 Å². The van der Waals surface area contributed by atoms with Gasteiger partial charge in [0, 0.05) is 0 Å². The minimum absolute atomic E-state index is 0.292. The monoisotopic (exact) mass is 482 g/mol. The van der Waals surface area contributed by atoms with Gasteiger partial charge in [0.05, 0.1) is 0 Å². The van der Waals surface area contributed by atoms with Crippen LogP contribution in [-0.2, 0) is 21.3 Å². The molecule has 4 aliphatic carbocycles. The quantitative estimate of drug-likeness (QED) is 0.367. The summed E-state index contributed by atoms with van der Waals surface area (Å²) in [6, 6.07) is 0. The molecule has 164 valence electrons. The summed E-state index contributed by atoms with van der Waals surface area (Å²) in [5, 5.41) is 0. The van der Waals surface area contributed by atoms with Crippen molar-refractivity contribution >= 4 is 3.21 Å². The van der Waals surface area contributed by atoms with Crippen LogP contribution in [0.4, 0.5) is 0 Å². The van der Waals surface area contributed by atoms with Crippen molar-refractivity contribution < 1.29 is 21.3 Å². The molecule has 0 saturated carbocycles. The number of hydrogen-bond acceptors (Lipinski definition) is 0. The van der Waals surface area contributed by atoms with Gasteiger partial charge in [0.15, 0.2) is 0 Å². The summed E-state index contributed by atoms with van der Waals surface area (Å²) in [4.78, 5) is 0. The van der Waals surface area contributed by atoms with Gasteiger partial charge in [-0.3, -0.25) is 0 Å². The molecule has 0 aromatic carbocycles. The summed E-state index contributed by atoms with van der Waals surface area (Å²) >= 11 is -1.92. The molecule has 0 amide bonds. The van der Waals surface area contributed by atoms with E-state index in [9.17, 15) is 0 Å². The van der Waals surface area contributed by atoms with Crippen LogP contribution >= 0.6 is 0 Å².